The minimum absolute atomic E-state index is 1.29. The topological polar surface area (TPSA) is 3.24 Å². The number of rotatable bonds is 9. The predicted octanol–water partition coefficient (Wildman–Crippen LogP) is 7.27. The molecule has 0 spiro atoms. The van der Waals surface area contributed by atoms with E-state index in [0.717, 1.165) is 0 Å². The van der Waals surface area contributed by atoms with Crippen LogP contribution < -0.4 is 4.23 Å². The predicted molar refractivity (Wildman–Crippen MR) is 111 cm³/mol. The number of para-hydroxylation sites is 1. The Morgan fingerprint density at radius 1 is 0.727 bits per heavy atom. The molecule has 1 aromatic carbocycles. The van der Waals surface area contributed by atoms with Gasteiger partial charge in [0.15, 0.2) is 0 Å². The summed E-state index contributed by atoms with van der Waals surface area (Å²) in [4.78, 5) is 0. The lowest BCUT2D eigenvalue weighted by atomic mass is 10.3. The quantitative estimate of drug-likeness (QED) is 0.394. The number of nitrogens with zero attached hydrogens (tertiary/aromatic N) is 1. The molecule has 0 saturated carbocycles. The van der Waals surface area contributed by atoms with Crippen LogP contribution in [0.25, 0.3) is 0 Å². The summed E-state index contributed by atoms with van der Waals surface area (Å²) in [6, 6.07) is 17.1. The second-order valence-electron chi connectivity index (χ2n) is 6.36. The van der Waals surface area contributed by atoms with Crippen molar-refractivity contribution in [2.45, 2.75) is 77.8 Å². The normalized spacial score (nSPS) is 12.5. The lowest BCUT2D eigenvalue weighted by Crippen LogP contribution is -2.66. The van der Waals surface area contributed by atoms with E-state index in [2.05, 4.69) is 86.0 Å². The minimum Gasteiger partial charge on any atom is -0.423 e. The molecule has 4 heteroatoms. The van der Waals surface area contributed by atoms with Crippen LogP contribution in [-0.4, -0.2) is 16.5 Å². The first-order valence-electron chi connectivity index (χ1n) is 9.05. The van der Waals surface area contributed by atoms with Crippen LogP contribution in [0.3, 0.4) is 0 Å². The summed E-state index contributed by atoms with van der Waals surface area (Å²) in [7, 11) is -2.90. The van der Waals surface area contributed by atoms with Crippen LogP contribution in [0.4, 0.5) is 5.69 Å². The molecule has 0 radical (unpaired) electrons. The molecule has 0 aliphatic rings. The van der Waals surface area contributed by atoms with Crippen molar-refractivity contribution >= 4 is 38.1 Å². The van der Waals surface area contributed by atoms with E-state index in [4.69, 9.17) is 0 Å². The fraction of sp³-hybridized carbons (Fsp3) is 0.667. The molecule has 22 heavy (non-hydrogen) atoms. The summed E-state index contributed by atoms with van der Waals surface area (Å²) < 4.78 is 4.35. The number of halogens is 1. The third-order valence-corrected chi connectivity index (χ3v) is 19.8. The number of hydrogen-bond acceptors (Lipinski definition) is 1. The molecule has 0 aliphatic carbocycles. The molecule has 0 saturated heterocycles. The van der Waals surface area contributed by atoms with Gasteiger partial charge in [-0.1, -0.05) is 53.7 Å². The van der Waals surface area contributed by atoms with Gasteiger partial charge in [-0.15, -0.1) is 0 Å². The van der Waals surface area contributed by atoms with Crippen LogP contribution in [-0.2, 0) is 0 Å². The Morgan fingerprint density at radius 3 is 1.41 bits per heavy atom. The SMILES string of the molecule is CC[Si](CC)(CC)N(c1ccccc1Br)[Si](CC)(CC)CC. The van der Waals surface area contributed by atoms with Gasteiger partial charge in [0.2, 0.25) is 0 Å². The molecule has 1 aromatic rings. The van der Waals surface area contributed by atoms with Gasteiger partial charge < -0.3 is 4.23 Å². The maximum atomic E-state index is 3.86. The Balaban J connectivity index is 3.61. The molecule has 0 N–H and O–H groups in total. The first-order valence-corrected chi connectivity index (χ1v) is 15.0. The Hall–Kier alpha value is -0.0662. The molecule has 126 valence electrons. The first-order chi connectivity index (χ1) is 10.5. The Morgan fingerprint density at radius 2 is 1.09 bits per heavy atom. The van der Waals surface area contributed by atoms with E-state index in [9.17, 15) is 0 Å². The second-order valence-corrected chi connectivity index (χ2v) is 17.7. The zero-order valence-corrected chi connectivity index (χ0v) is 19.0. The van der Waals surface area contributed by atoms with Gasteiger partial charge in [-0.25, -0.2) is 0 Å². The first kappa shape index (κ1) is 20.0. The van der Waals surface area contributed by atoms with Gasteiger partial charge in [0.25, 0.3) is 0 Å². The smallest absolute Gasteiger partial charge is 0.147 e. The van der Waals surface area contributed by atoms with E-state index in [0.29, 0.717) is 0 Å². The monoisotopic (exact) mass is 399 g/mol. The van der Waals surface area contributed by atoms with Gasteiger partial charge in [0.1, 0.15) is 16.5 Å². The van der Waals surface area contributed by atoms with E-state index < -0.39 is 16.5 Å². The van der Waals surface area contributed by atoms with E-state index in [1.165, 1.54) is 46.4 Å². The van der Waals surface area contributed by atoms with Crippen LogP contribution in [0, 0.1) is 0 Å². The molecule has 0 aromatic heterocycles. The summed E-state index contributed by atoms with van der Waals surface area (Å²) in [5, 5.41) is 0. The van der Waals surface area contributed by atoms with Crippen molar-refractivity contribution < 1.29 is 0 Å². The van der Waals surface area contributed by atoms with Gasteiger partial charge in [-0.3, -0.25) is 0 Å². The maximum Gasteiger partial charge on any atom is 0.147 e. The summed E-state index contributed by atoms with van der Waals surface area (Å²) >= 11 is 3.86. The third kappa shape index (κ3) is 3.54. The lowest BCUT2D eigenvalue weighted by Gasteiger charge is -2.54. The van der Waals surface area contributed by atoms with Gasteiger partial charge in [-0.2, -0.15) is 0 Å². The van der Waals surface area contributed by atoms with Crippen molar-refractivity contribution in [2.24, 2.45) is 0 Å². The van der Waals surface area contributed by atoms with Gasteiger partial charge >= 0.3 is 0 Å². The maximum absolute atomic E-state index is 3.86. The highest BCUT2D eigenvalue weighted by molar-refractivity contribution is 9.10. The molecule has 0 aliphatic heterocycles. The van der Waals surface area contributed by atoms with Crippen LogP contribution in [0.5, 0.6) is 0 Å². The molecule has 0 atom stereocenters. The Bertz CT molecular complexity index is 420. The summed E-state index contributed by atoms with van der Waals surface area (Å²) in [5.41, 5.74) is 1.48. The largest absolute Gasteiger partial charge is 0.423 e. The van der Waals surface area contributed by atoms with E-state index in [1.807, 2.05) is 0 Å². The Kier molecular flexibility index (Phi) is 7.89. The van der Waals surface area contributed by atoms with E-state index >= 15 is 0 Å². The van der Waals surface area contributed by atoms with Crippen LogP contribution >= 0.6 is 15.9 Å². The van der Waals surface area contributed by atoms with Gasteiger partial charge in [0.05, 0.1) is 0 Å². The molecule has 0 heterocycles. The van der Waals surface area contributed by atoms with Gasteiger partial charge in [0, 0.05) is 10.2 Å². The molecular weight excluding hydrogens is 366 g/mol. The number of benzene rings is 1. The molecule has 1 rings (SSSR count). The summed E-state index contributed by atoms with van der Waals surface area (Å²) in [5.74, 6) is 0. The zero-order valence-electron chi connectivity index (χ0n) is 15.4. The van der Waals surface area contributed by atoms with Crippen LogP contribution in [0.2, 0.25) is 36.3 Å². The third-order valence-electron chi connectivity index (χ3n) is 5.99. The van der Waals surface area contributed by atoms with Crippen LogP contribution in [0.1, 0.15) is 41.5 Å². The van der Waals surface area contributed by atoms with E-state index in [1.54, 1.807) is 0 Å². The second kappa shape index (κ2) is 8.69. The average Bonchev–Trinajstić information content (AvgIpc) is 2.57. The fourth-order valence-corrected chi connectivity index (χ4v) is 18.1. The summed E-state index contributed by atoms with van der Waals surface area (Å²) in [6.45, 7) is 14.6. The highest BCUT2D eigenvalue weighted by atomic mass is 79.9. The molecule has 0 amide bonds. The van der Waals surface area contributed by atoms with Crippen molar-refractivity contribution in [1.29, 1.82) is 0 Å². The van der Waals surface area contributed by atoms with Crippen molar-refractivity contribution in [1.82, 2.24) is 0 Å². The van der Waals surface area contributed by atoms with Gasteiger partial charge in [-0.05, 0) is 64.3 Å². The fourth-order valence-electron chi connectivity index (χ4n) is 4.10. The van der Waals surface area contributed by atoms with Crippen molar-refractivity contribution in [3.63, 3.8) is 0 Å². The molecular formula is C18H34BrNSi2. The number of hydrogen-bond donors (Lipinski definition) is 0. The molecule has 0 bridgehead atoms. The molecule has 0 fully saturated rings. The van der Waals surface area contributed by atoms with Crippen molar-refractivity contribution in [3.8, 4) is 0 Å². The lowest BCUT2D eigenvalue weighted by molar-refractivity contribution is 1.06. The van der Waals surface area contributed by atoms with Crippen molar-refractivity contribution in [2.75, 3.05) is 4.23 Å². The highest BCUT2D eigenvalue weighted by Gasteiger charge is 2.46. The standard InChI is InChI=1S/C18H34BrNSi2/c1-7-21(8-2,9-3)20(22(10-4,11-5)12-6)18-16-14-13-15-17(18)19/h13-16H,7-12H2,1-6H3. The minimum atomic E-state index is -1.45. The Labute approximate surface area is 148 Å². The highest BCUT2D eigenvalue weighted by Crippen LogP contribution is 2.42. The average molecular weight is 401 g/mol. The summed E-state index contributed by atoms with van der Waals surface area (Å²) in [6.07, 6.45) is 0. The molecule has 0 unspecified atom stereocenters. The van der Waals surface area contributed by atoms with Crippen molar-refractivity contribution in [3.05, 3.63) is 28.7 Å². The van der Waals surface area contributed by atoms with Crippen LogP contribution in [0.15, 0.2) is 28.7 Å². The van der Waals surface area contributed by atoms with E-state index in [-0.39, 0.29) is 0 Å². The number of anilines is 1. The molecule has 1 nitrogen and oxygen atoms in total. The zero-order chi connectivity index (χ0) is 16.8.